The Morgan fingerprint density at radius 1 is 1.21 bits per heavy atom. The fourth-order valence-electron chi connectivity index (χ4n) is 3.44. The molecule has 0 spiro atoms. The van der Waals surface area contributed by atoms with Gasteiger partial charge in [-0.1, -0.05) is 31.4 Å². The van der Waals surface area contributed by atoms with E-state index in [2.05, 4.69) is 10.3 Å². The topological polar surface area (TPSA) is 104 Å². The van der Waals surface area contributed by atoms with E-state index >= 15 is 0 Å². The number of H-pyrrole nitrogens is 1. The number of carboxylic acids is 1. The fourth-order valence-corrected chi connectivity index (χ4v) is 3.44. The second kappa shape index (κ2) is 6.90. The van der Waals surface area contributed by atoms with Crippen LogP contribution in [0.5, 0.6) is 0 Å². The second-order valence-corrected chi connectivity index (χ2v) is 6.29. The molecule has 2 aromatic rings. The first-order valence-electron chi connectivity index (χ1n) is 8.26. The largest absolute Gasteiger partial charge is 0.481 e. The molecular weight excluding hydrogens is 310 g/mol. The smallest absolute Gasteiger partial charge is 0.326 e. The number of carbonyl (C=O) groups is 2. The quantitative estimate of drug-likeness (QED) is 0.738. The van der Waals surface area contributed by atoms with Crippen molar-refractivity contribution < 1.29 is 14.7 Å². The van der Waals surface area contributed by atoms with E-state index in [9.17, 15) is 19.5 Å². The molecule has 7 heteroatoms. The first kappa shape index (κ1) is 16.3. The number of hydrogen-bond donors (Lipinski definition) is 3. The van der Waals surface area contributed by atoms with E-state index in [1.54, 1.807) is 18.2 Å². The van der Waals surface area contributed by atoms with Crippen LogP contribution in [0.2, 0.25) is 0 Å². The van der Waals surface area contributed by atoms with Crippen molar-refractivity contribution in [3.05, 3.63) is 34.7 Å². The molecule has 1 aromatic carbocycles. The Hall–Kier alpha value is -2.57. The lowest BCUT2D eigenvalue weighted by molar-refractivity contribution is -0.143. The van der Waals surface area contributed by atoms with Gasteiger partial charge in [-0.05, 0) is 25.0 Å². The summed E-state index contributed by atoms with van der Waals surface area (Å²) in [6, 6.07) is 6.78. The lowest BCUT2D eigenvalue weighted by Gasteiger charge is -2.23. The van der Waals surface area contributed by atoms with Crippen LogP contribution in [-0.2, 0) is 16.1 Å². The number of para-hydroxylation sites is 2. The molecular formula is C17H21N3O4. The molecule has 1 aliphatic carbocycles. The SMILES string of the molecule is O=C(Cn1c(=O)[nH]c2ccccc21)N[C@H]1CCCCC[C@H]1C(=O)O. The number of imidazole rings is 1. The summed E-state index contributed by atoms with van der Waals surface area (Å²) >= 11 is 0. The van der Waals surface area contributed by atoms with Gasteiger partial charge in [-0.15, -0.1) is 0 Å². The summed E-state index contributed by atoms with van der Waals surface area (Å²) in [4.78, 5) is 38.5. The number of aromatic nitrogens is 2. The lowest BCUT2D eigenvalue weighted by Crippen LogP contribution is -2.44. The Morgan fingerprint density at radius 2 is 1.96 bits per heavy atom. The predicted octanol–water partition coefficient (Wildman–Crippen LogP) is 1.48. The van der Waals surface area contributed by atoms with E-state index in [1.165, 1.54) is 4.57 Å². The summed E-state index contributed by atoms with van der Waals surface area (Å²) < 4.78 is 1.37. The number of benzene rings is 1. The van der Waals surface area contributed by atoms with E-state index < -0.39 is 11.9 Å². The van der Waals surface area contributed by atoms with E-state index in [-0.39, 0.29) is 24.2 Å². The van der Waals surface area contributed by atoms with Gasteiger partial charge in [0, 0.05) is 6.04 Å². The third-order valence-corrected chi connectivity index (χ3v) is 4.66. The number of carboxylic acid groups (broad SMARTS) is 1. The summed E-state index contributed by atoms with van der Waals surface area (Å²) in [5.74, 6) is -1.76. The summed E-state index contributed by atoms with van der Waals surface area (Å²) in [6.07, 6.45) is 3.99. The summed E-state index contributed by atoms with van der Waals surface area (Å²) in [6.45, 7) is -0.119. The van der Waals surface area contributed by atoms with E-state index in [0.717, 1.165) is 19.3 Å². The molecule has 0 bridgehead atoms. The summed E-state index contributed by atoms with van der Waals surface area (Å²) in [5.41, 5.74) is 0.989. The zero-order chi connectivity index (χ0) is 17.1. The van der Waals surface area contributed by atoms with Crippen molar-refractivity contribution in [1.29, 1.82) is 0 Å². The molecule has 1 heterocycles. The first-order valence-corrected chi connectivity index (χ1v) is 8.26. The highest BCUT2D eigenvalue weighted by Crippen LogP contribution is 2.24. The molecule has 1 fully saturated rings. The van der Waals surface area contributed by atoms with Crippen molar-refractivity contribution in [3.8, 4) is 0 Å². The molecule has 3 rings (SSSR count). The maximum atomic E-state index is 12.4. The van der Waals surface area contributed by atoms with Gasteiger partial charge in [-0.2, -0.15) is 0 Å². The molecule has 24 heavy (non-hydrogen) atoms. The van der Waals surface area contributed by atoms with Crippen LogP contribution in [0.15, 0.2) is 29.1 Å². The molecule has 0 unspecified atom stereocenters. The Kier molecular flexibility index (Phi) is 4.69. The van der Waals surface area contributed by atoms with Crippen LogP contribution < -0.4 is 11.0 Å². The molecule has 7 nitrogen and oxygen atoms in total. The molecule has 1 saturated carbocycles. The van der Waals surface area contributed by atoms with Crippen molar-refractivity contribution in [2.24, 2.45) is 5.92 Å². The van der Waals surface area contributed by atoms with Crippen LogP contribution in [0.4, 0.5) is 0 Å². The Morgan fingerprint density at radius 3 is 2.75 bits per heavy atom. The molecule has 0 aliphatic heterocycles. The third-order valence-electron chi connectivity index (χ3n) is 4.66. The van der Waals surface area contributed by atoms with Gasteiger partial charge < -0.3 is 15.4 Å². The van der Waals surface area contributed by atoms with Crippen LogP contribution >= 0.6 is 0 Å². The Bertz CT molecular complexity index is 808. The van der Waals surface area contributed by atoms with Gasteiger partial charge in [0.15, 0.2) is 0 Å². The van der Waals surface area contributed by atoms with E-state index in [0.29, 0.717) is 23.9 Å². The number of nitrogens with zero attached hydrogens (tertiary/aromatic N) is 1. The predicted molar refractivity (Wildman–Crippen MR) is 88.7 cm³/mol. The molecule has 1 amide bonds. The number of aliphatic carboxylic acids is 1. The second-order valence-electron chi connectivity index (χ2n) is 6.29. The minimum Gasteiger partial charge on any atom is -0.481 e. The van der Waals surface area contributed by atoms with E-state index in [1.807, 2.05) is 6.07 Å². The van der Waals surface area contributed by atoms with Gasteiger partial charge in [0.2, 0.25) is 5.91 Å². The minimum atomic E-state index is -0.869. The number of fused-ring (bicyclic) bond motifs is 1. The minimum absolute atomic E-state index is 0.119. The number of carbonyl (C=O) groups excluding carboxylic acids is 1. The molecule has 0 saturated heterocycles. The van der Waals surface area contributed by atoms with Crippen molar-refractivity contribution in [3.63, 3.8) is 0 Å². The highest BCUT2D eigenvalue weighted by molar-refractivity contribution is 5.81. The van der Waals surface area contributed by atoms with Gasteiger partial charge in [0.1, 0.15) is 6.54 Å². The highest BCUT2D eigenvalue weighted by atomic mass is 16.4. The molecule has 3 N–H and O–H groups in total. The number of nitrogens with one attached hydrogen (secondary N) is 2. The van der Waals surface area contributed by atoms with Crippen molar-refractivity contribution in [1.82, 2.24) is 14.9 Å². The number of hydrogen-bond acceptors (Lipinski definition) is 3. The maximum Gasteiger partial charge on any atom is 0.326 e. The van der Waals surface area contributed by atoms with Crippen LogP contribution in [0.3, 0.4) is 0 Å². The van der Waals surface area contributed by atoms with Gasteiger partial charge in [0.25, 0.3) is 0 Å². The standard InChI is InChI=1S/C17H21N3O4/c21-15(18-12-7-3-1-2-6-11(12)16(22)23)10-20-14-9-5-4-8-13(14)19-17(20)24/h4-5,8-9,11-12H,1-3,6-7,10H2,(H,18,21)(H,19,24)(H,22,23)/t11-,12+/m1/s1. The first-order chi connectivity index (χ1) is 11.6. The van der Waals surface area contributed by atoms with Crippen molar-refractivity contribution in [2.45, 2.75) is 44.7 Å². The monoisotopic (exact) mass is 331 g/mol. The maximum absolute atomic E-state index is 12.4. The Labute approximate surface area is 138 Å². The third kappa shape index (κ3) is 3.34. The highest BCUT2D eigenvalue weighted by Gasteiger charge is 2.30. The van der Waals surface area contributed by atoms with Crippen molar-refractivity contribution in [2.75, 3.05) is 0 Å². The number of rotatable bonds is 4. The van der Waals surface area contributed by atoms with Crippen LogP contribution in [-0.4, -0.2) is 32.6 Å². The average Bonchev–Trinajstić information content (AvgIpc) is 2.72. The van der Waals surface area contributed by atoms with Crippen LogP contribution in [0.1, 0.15) is 32.1 Å². The summed E-state index contributed by atoms with van der Waals surface area (Å²) in [7, 11) is 0. The summed E-state index contributed by atoms with van der Waals surface area (Å²) in [5, 5.41) is 12.2. The van der Waals surface area contributed by atoms with Gasteiger partial charge in [-0.3, -0.25) is 14.2 Å². The Balaban J connectivity index is 1.75. The number of aromatic amines is 1. The van der Waals surface area contributed by atoms with Gasteiger partial charge >= 0.3 is 11.7 Å². The van der Waals surface area contributed by atoms with Crippen molar-refractivity contribution >= 4 is 22.9 Å². The molecule has 1 aromatic heterocycles. The van der Waals surface area contributed by atoms with Gasteiger partial charge in [0.05, 0.1) is 17.0 Å². The zero-order valence-electron chi connectivity index (χ0n) is 13.3. The number of amides is 1. The molecule has 1 aliphatic rings. The molecule has 128 valence electrons. The molecule has 2 atom stereocenters. The molecule has 0 radical (unpaired) electrons. The average molecular weight is 331 g/mol. The van der Waals surface area contributed by atoms with Crippen LogP contribution in [0, 0.1) is 5.92 Å². The normalized spacial score (nSPS) is 21.3. The van der Waals surface area contributed by atoms with E-state index in [4.69, 9.17) is 0 Å². The van der Waals surface area contributed by atoms with Crippen LogP contribution in [0.25, 0.3) is 11.0 Å². The zero-order valence-corrected chi connectivity index (χ0v) is 13.3. The fraction of sp³-hybridized carbons (Fsp3) is 0.471. The van der Waals surface area contributed by atoms with Gasteiger partial charge in [-0.25, -0.2) is 4.79 Å². The lowest BCUT2D eigenvalue weighted by atomic mass is 9.95.